The van der Waals surface area contributed by atoms with E-state index >= 15 is 0 Å². The van der Waals surface area contributed by atoms with Crippen molar-refractivity contribution < 1.29 is 18.7 Å². The SMILES string of the molecule is COc1cccc(-c2cc(C(=O)NCCCN3CCOCC3)c(C)n2-c2ccc(F)cc2)c1. The van der Waals surface area contributed by atoms with Gasteiger partial charge in [0.15, 0.2) is 0 Å². The standard InChI is InChI=1S/C26H30FN3O3/c1-19-24(26(31)28-11-4-12-29-13-15-33-16-14-29)18-25(20-5-3-6-23(17-20)32-2)30(19)22-9-7-21(27)8-10-22/h3,5-10,17-18H,4,11-16H2,1-2H3,(H,28,31). The molecule has 1 saturated heterocycles. The van der Waals surface area contributed by atoms with Crippen LogP contribution in [0.1, 0.15) is 22.5 Å². The maximum atomic E-state index is 13.6. The van der Waals surface area contributed by atoms with Crippen molar-refractivity contribution in [2.45, 2.75) is 13.3 Å². The Labute approximate surface area is 193 Å². The summed E-state index contributed by atoms with van der Waals surface area (Å²) in [7, 11) is 1.62. The van der Waals surface area contributed by atoms with Gasteiger partial charge >= 0.3 is 0 Å². The van der Waals surface area contributed by atoms with Gasteiger partial charge in [0.1, 0.15) is 11.6 Å². The Morgan fingerprint density at radius 2 is 1.88 bits per heavy atom. The van der Waals surface area contributed by atoms with Crippen molar-refractivity contribution in [1.82, 2.24) is 14.8 Å². The highest BCUT2D eigenvalue weighted by Crippen LogP contribution is 2.31. The molecule has 3 aromatic rings. The van der Waals surface area contributed by atoms with Crippen LogP contribution in [0.2, 0.25) is 0 Å². The van der Waals surface area contributed by atoms with Crippen molar-refractivity contribution in [1.29, 1.82) is 0 Å². The summed E-state index contributed by atoms with van der Waals surface area (Å²) >= 11 is 0. The number of hydrogen-bond donors (Lipinski definition) is 1. The van der Waals surface area contributed by atoms with Gasteiger partial charge in [0, 0.05) is 36.6 Å². The van der Waals surface area contributed by atoms with E-state index in [1.165, 1.54) is 12.1 Å². The first kappa shape index (κ1) is 23.0. The van der Waals surface area contributed by atoms with Crippen LogP contribution in [0.25, 0.3) is 16.9 Å². The number of carbonyl (C=O) groups excluding carboxylic acids is 1. The highest BCUT2D eigenvalue weighted by molar-refractivity contribution is 5.97. The molecule has 1 N–H and O–H groups in total. The minimum Gasteiger partial charge on any atom is -0.497 e. The fourth-order valence-electron chi connectivity index (χ4n) is 4.18. The van der Waals surface area contributed by atoms with E-state index in [4.69, 9.17) is 9.47 Å². The quantitative estimate of drug-likeness (QED) is 0.525. The molecule has 0 bridgehead atoms. The van der Waals surface area contributed by atoms with E-state index < -0.39 is 0 Å². The van der Waals surface area contributed by atoms with Gasteiger partial charge in [0.2, 0.25) is 0 Å². The zero-order chi connectivity index (χ0) is 23.2. The Bertz CT molecular complexity index is 1090. The predicted molar refractivity (Wildman–Crippen MR) is 127 cm³/mol. The minimum absolute atomic E-state index is 0.112. The third-order valence-electron chi connectivity index (χ3n) is 5.98. The minimum atomic E-state index is -0.301. The number of nitrogens with zero attached hydrogens (tertiary/aromatic N) is 2. The van der Waals surface area contributed by atoms with Crippen molar-refractivity contribution in [2.75, 3.05) is 46.5 Å². The molecule has 174 valence electrons. The van der Waals surface area contributed by atoms with Gasteiger partial charge in [-0.3, -0.25) is 9.69 Å². The molecule has 1 aromatic heterocycles. The van der Waals surface area contributed by atoms with Gasteiger partial charge in [-0.05, 0) is 62.4 Å². The number of amides is 1. The Morgan fingerprint density at radius 1 is 1.12 bits per heavy atom. The largest absolute Gasteiger partial charge is 0.497 e. The fraction of sp³-hybridized carbons (Fsp3) is 0.346. The van der Waals surface area contributed by atoms with Crippen LogP contribution in [0.3, 0.4) is 0 Å². The van der Waals surface area contributed by atoms with E-state index in [0.717, 1.165) is 67.7 Å². The first-order valence-electron chi connectivity index (χ1n) is 11.3. The van der Waals surface area contributed by atoms with Crippen LogP contribution in [0.15, 0.2) is 54.6 Å². The molecule has 0 unspecified atom stereocenters. The fourth-order valence-corrected chi connectivity index (χ4v) is 4.18. The number of rotatable bonds is 8. The maximum Gasteiger partial charge on any atom is 0.253 e. The van der Waals surface area contributed by atoms with Crippen molar-refractivity contribution in [3.05, 3.63) is 71.7 Å². The first-order valence-corrected chi connectivity index (χ1v) is 11.3. The molecule has 2 aromatic carbocycles. The number of halogens is 1. The van der Waals surface area contributed by atoms with Gasteiger partial charge in [-0.1, -0.05) is 12.1 Å². The second-order valence-corrected chi connectivity index (χ2v) is 8.14. The number of methoxy groups -OCH3 is 1. The molecule has 6 nitrogen and oxygen atoms in total. The van der Waals surface area contributed by atoms with E-state index in [9.17, 15) is 9.18 Å². The van der Waals surface area contributed by atoms with Crippen molar-refractivity contribution >= 4 is 5.91 Å². The van der Waals surface area contributed by atoms with Crippen LogP contribution in [0, 0.1) is 12.7 Å². The van der Waals surface area contributed by atoms with E-state index in [2.05, 4.69) is 10.2 Å². The summed E-state index contributed by atoms with van der Waals surface area (Å²) in [5.41, 5.74) is 3.94. The second kappa shape index (κ2) is 10.6. The number of ether oxygens (including phenoxy) is 2. The van der Waals surface area contributed by atoms with Crippen LogP contribution in [0.5, 0.6) is 5.75 Å². The lowest BCUT2D eigenvalue weighted by Crippen LogP contribution is -2.38. The molecule has 1 fully saturated rings. The summed E-state index contributed by atoms with van der Waals surface area (Å²) in [6.07, 6.45) is 0.881. The molecule has 1 aliphatic heterocycles. The van der Waals surface area contributed by atoms with Crippen LogP contribution >= 0.6 is 0 Å². The molecule has 0 atom stereocenters. The average Bonchev–Trinajstić information content (AvgIpc) is 3.20. The molecule has 4 rings (SSSR count). The average molecular weight is 452 g/mol. The number of carbonyl (C=O) groups is 1. The molecule has 1 amide bonds. The van der Waals surface area contributed by atoms with E-state index in [-0.39, 0.29) is 11.7 Å². The van der Waals surface area contributed by atoms with Gasteiger partial charge in [0.05, 0.1) is 31.6 Å². The monoisotopic (exact) mass is 451 g/mol. The van der Waals surface area contributed by atoms with Gasteiger partial charge in [0.25, 0.3) is 5.91 Å². The lowest BCUT2D eigenvalue weighted by molar-refractivity contribution is 0.0374. The van der Waals surface area contributed by atoms with Crippen LogP contribution < -0.4 is 10.1 Å². The van der Waals surface area contributed by atoms with Gasteiger partial charge in [-0.25, -0.2) is 4.39 Å². The van der Waals surface area contributed by atoms with E-state index in [1.54, 1.807) is 19.2 Å². The molecule has 2 heterocycles. The number of nitrogens with one attached hydrogen (secondary N) is 1. The molecule has 0 spiro atoms. The number of morpholine rings is 1. The van der Waals surface area contributed by atoms with Crippen molar-refractivity contribution in [2.24, 2.45) is 0 Å². The molecule has 0 saturated carbocycles. The lowest BCUT2D eigenvalue weighted by Gasteiger charge is -2.26. The third kappa shape index (κ3) is 5.43. The molecule has 7 heteroatoms. The summed E-state index contributed by atoms with van der Waals surface area (Å²) in [6.45, 7) is 6.88. The number of benzene rings is 2. The van der Waals surface area contributed by atoms with Gasteiger partial charge < -0.3 is 19.4 Å². The molecular formula is C26H30FN3O3. The van der Waals surface area contributed by atoms with Crippen molar-refractivity contribution in [3.8, 4) is 22.7 Å². The second-order valence-electron chi connectivity index (χ2n) is 8.14. The summed E-state index contributed by atoms with van der Waals surface area (Å²) < 4.78 is 26.3. The van der Waals surface area contributed by atoms with Crippen molar-refractivity contribution in [3.63, 3.8) is 0 Å². The normalized spacial score (nSPS) is 14.3. The van der Waals surface area contributed by atoms with E-state index in [1.807, 2.05) is 41.8 Å². The summed E-state index contributed by atoms with van der Waals surface area (Å²) in [6, 6.07) is 15.9. The Balaban J connectivity index is 1.57. The highest BCUT2D eigenvalue weighted by Gasteiger charge is 2.20. The third-order valence-corrected chi connectivity index (χ3v) is 5.98. The van der Waals surface area contributed by atoms with Gasteiger partial charge in [-0.15, -0.1) is 0 Å². The maximum absolute atomic E-state index is 13.6. The first-order chi connectivity index (χ1) is 16.1. The van der Waals surface area contributed by atoms with Crippen LogP contribution in [0.4, 0.5) is 4.39 Å². The predicted octanol–water partition coefficient (Wildman–Crippen LogP) is 4.05. The van der Waals surface area contributed by atoms with Gasteiger partial charge in [-0.2, -0.15) is 0 Å². The van der Waals surface area contributed by atoms with Crippen LogP contribution in [-0.4, -0.2) is 61.9 Å². The smallest absolute Gasteiger partial charge is 0.253 e. The Morgan fingerprint density at radius 3 is 2.61 bits per heavy atom. The Hall–Kier alpha value is -3.16. The molecular weight excluding hydrogens is 421 g/mol. The Kier molecular flexibility index (Phi) is 7.42. The lowest BCUT2D eigenvalue weighted by atomic mass is 10.1. The topological polar surface area (TPSA) is 55.7 Å². The zero-order valence-corrected chi connectivity index (χ0v) is 19.1. The van der Waals surface area contributed by atoms with Crippen LogP contribution in [-0.2, 0) is 4.74 Å². The van der Waals surface area contributed by atoms with E-state index in [0.29, 0.717) is 12.1 Å². The number of aromatic nitrogens is 1. The number of hydrogen-bond acceptors (Lipinski definition) is 4. The summed E-state index contributed by atoms with van der Waals surface area (Å²) in [4.78, 5) is 15.4. The molecule has 0 aliphatic carbocycles. The molecule has 1 aliphatic rings. The zero-order valence-electron chi connectivity index (χ0n) is 19.1. The molecule has 33 heavy (non-hydrogen) atoms. The summed E-state index contributed by atoms with van der Waals surface area (Å²) in [5.74, 6) is 0.315. The molecule has 0 radical (unpaired) electrons. The highest BCUT2D eigenvalue weighted by atomic mass is 19.1. The summed E-state index contributed by atoms with van der Waals surface area (Å²) in [5, 5.41) is 3.06.